The van der Waals surface area contributed by atoms with Gasteiger partial charge in [0.2, 0.25) is 0 Å². The Morgan fingerprint density at radius 1 is 0.672 bits per heavy atom. The first kappa shape index (κ1) is 47.7. The molecule has 2 amide bonds. The highest BCUT2D eigenvalue weighted by Crippen LogP contribution is 2.37. The number of hydrogen-bond donors (Lipinski definition) is 5. The zero-order valence-corrected chi connectivity index (χ0v) is 37.7. The number of piperidine rings is 2. The Morgan fingerprint density at radius 3 is 1.59 bits per heavy atom. The molecule has 2 aliphatic heterocycles. The number of aromatic nitrogens is 2. The van der Waals surface area contributed by atoms with Crippen LogP contribution in [0.25, 0.3) is 0 Å². The van der Waals surface area contributed by atoms with Crippen LogP contribution in [0.5, 0.6) is 0 Å². The second-order valence-corrected chi connectivity index (χ2v) is 18.2. The van der Waals surface area contributed by atoms with Crippen LogP contribution in [0.2, 0.25) is 0 Å². The minimum Gasteiger partial charge on any atom is -0.481 e. The highest BCUT2D eigenvalue weighted by Gasteiger charge is 2.40. The Labute approximate surface area is 364 Å². The van der Waals surface area contributed by atoms with Gasteiger partial charge in [0.05, 0.1) is 35.4 Å². The summed E-state index contributed by atoms with van der Waals surface area (Å²) in [5.41, 5.74) is 1.65. The van der Waals surface area contributed by atoms with Crippen molar-refractivity contribution >= 4 is 35.4 Å². The molecule has 4 aliphatic rings. The molecule has 0 bridgehead atoms. The zero-order valence-electron chi connectivity index (χ0n) is 37.7. The Morgan fingerprint density at radius 2 is 1.15 bits per heavy atom. The van der Waals surface area contributed by atoms with E-state index >= 15 is 0 Å². The number of anilines is 2. The highest BCUT2D eigenvalue weighted by atomic mass is 16.4. The van der Waals surface area contributed by atoms with Crippen LogP contribution in [-0.4, -0.2) is 126 Å². The number of pyridine rings is 2. The summed E-state index contributed by atoms with van der Waals surface area (Å²) in [7, 11) is 5.77. The molecule has 2 atom stereocenters. The fourth-order valence-electron chi connectivity index (χ4n) is 10.0. The molecule has 14 heteroatoms. The van der Waals surface area contributed by atoms with Gasteiger partial charge in [-0.05, 0) is 102 Å². The molecule has 2 saturated heterocycles. The van der Waals surface area contributed by atoms with Gasteiger partial charge in [-0.3, -0.25) is 19.2 Å². The molecule has 0 unspecified atom stereocenters. The van der Waals surface area contributed by atoms with E-state index in [1.807, 2.05) is 60.1 Å². The molecule has 5 N–H and O–H groups in total. The molecule has 0 spiro atoms. The van der Waals surface area contributed by atoms with Gasteiger partial charge < -0.3 is 40.9 Å². The third kappa shape index (κ3) is 12.2. The maximum absolute atomic E-state index is 13.5. The van der Waals surface area contributed by atoms with Crippen molar-refractivity contribution in [2.24, 2.45) is 0 Å². The molecule has 2 aromatic rings. The van der Waals surface area contributed by atoms with Gasteiger partial charge >= 0.3 is 11.9 Å². The van der Waals surface area contributed by atoms with E-state index in [0.717, 1.165) is 95.2 Å². The number of amides is 2. The van der Waals surface area contributed by atoms with E-state index in [1.54, 1.807) is 0 Å². The van der Waals surface area contributed by atoms with E-state index in [-0.39, 0.29) is 36.7 Å². The molecule has 2 aromatic heterocycles. The molecule has 0 radical (unpaired) electrons. The van der Waals surface area contributed by atoms with Crippen molar-refractivity contribution in [1.29, 1.82) is 0 Å². The van der Waals surface area contributed by atoms with Crippen molar-refractivity contribution in [1.82, 2.24) is 30.4 Å². The van der Waals surface area contributed by atoms with E-state index in [0.29, 0.717) is 42.4 Å². The molecular formula is C47H74N8O6. The van der Waals surface area contributed by atoms with Crippen molar-refractivity contribution in [2.75, 3.05) is 70.6 Å². The number of hydrogen-bond acceptors (Lipinski definition) is 10. The Balaban J connectivity index is 0.000000231. The second kappa shape index (κ2) is 22.7. The first-order valence-electron chi connectivity index (χ1n) is 23.2. The van der Waals surface area contributed by atoms with Crippen molar-refractivity contribution < 1.29 is 29.4 Å². The lowest BCUT2D eigenvalue weighted by molar-refractivity contribution is -0.139. The molecule has 338 valence electrons. The predicted octanol–water partition coefficient (Wildman–Crippen LogP) is 6.83. The summed E-state index contributed by atoms with van der Waals surface area (Å²) in [6, 6.07) is 8.05. The maximum Gasteiger partial charge on any atom is 0.304 e. The molecule has 2 saturated carbocycles. The molecular weight excluding hydrogens is 773 g/mol. The lowest BCUT2D eigenvalue weighted by Gasteiger charge is -2.37. The summed E-state index contributed by atoms with van der Waals surface area (Å²) in [6.07, 6.45) is 16.7. The van der Waals surface area contributed by atoms with Gasteiger partial charge in [-0.25, -0.2) is 9.97 Å². The van der Waals surface area contributed by atoms with Crippen molar-refractivity contribution in [3.8, 4) is 0 Å². The molecule has 4 fully saturated rings. The lowest BCUT2D eigenvalue weighted by Crippen LogP contribution is -2.45. The summed E-state index contributed by atoms with van der Waals surface area (Å²) in [5.74, 6) is -0.377. The normalized spacial score (nSPS) is 22.3. The van der Waals surface area contributed by atoms with Gasteiger partial charge in [0.25, 0.3) is 11.8 Å². The number of nitrogens with zero attached hydrogens (tertiary/aromatic N) is 5. The lowest BCUT2D eigenvalue weighted by atomic mass is 9.74. The van der Waals surface area contributed by atoms with Crippen molar-refractivity contribution in [2.45, 2.75) is 152 Å². The van der Waals surface area contributed by atoms with Gasteiger partial charge in [-0.2, -0.15) is 0 Å². The van der Waals surface area contributed by atoms with Gasteiger partial charge in [0, 0.05) is 70.2 Å². The van der Waals surface area contributed by atoms with E-state index in [4.69, 9.17) is 9.97 Å². The number of aliphatic carboxylic acids is 2. The van der Waals surface area contributed by atoms with Gasteiger partial charge in [0.15, 0.2) is 0 Å². The van der Waals surface area contributed by atoms with Crippen LogP contribution < -0.4 is 20.9 Å². The predicted molar refractivity (Wildman–Crippen MR) is 241 cm³/mol. The van der Waals surface area contributed by atoms with E-state index in [1.165, 1.54) is 38.5 Å². The number of carbonyl (C=O) groups excluding carboxylic acids is 2. The van der Waals surface area contributed by atoms with E-state index < -0.39 is 22.8 Å². The fourth-order valence-corrected chi connectivity index (χ4v) is 10.0. The van der Waals surface area contributed by atoms with Crippen LogP contribution in [0, 0.1) is 0 Å². The molecule has 61 heavy (non-hydrogen) atoms. The quantitative estimate of drug-likeness (QED) is 0.119. The Bertz CT molecular complexity index is 1770. The van der Waals surface area contributed by atoms with Crippen molar-refractivity contribution in [3.05, 3.63) is 46.8 Å². The van der Waals surface area contributed by atoms with Gasteiger partial charge in [-0.15, -0.1) is 0 Å². The number of carbonyl (C=O) groups is 4. The van der Waals surface area contributed by atoms with Gasteiger partial charge in [0.1, 0.15) is 11.6 Å². The Hall–Kier alpha value is -4.30. The standard InChI is InChI=1S/C24H38N4O3.C23H36N4O3/c1-4-15-27(2)22-19(23(31)28(3)18-9-6-5-7-10-18)11-12-20(26-22)24(16-21(29)30)13-8-14-25-17-24;1-3-13-25-21-18(22(30)27(2)17-8-5-4-6-9-17)10-11-19(26-21)23(15-20(28)29)12-7-14-24-16-23/h11-12,18,25H,4-10,13-17H2,1-3H3,(H,29,30);10-11,17,24H,3-9,12-16H2,1-2H3,(H,25,26)(H,28,29)/t24-;23-/m00/s1. The monoisotopic (exact) mass is 847 g/mol. The average Bonchev–Trinajstić information content (AvgIpc) is 3.28. The highest BCUT2D eigenvalue weighted by molar-refractivity contribution is 5.99. The summed E-state index contributed by atoms with van der Waals surface area (Å²) in [6.45, 7) is 8.66. The number of rotatable bonds is 16. The van der Waals surface area contributed by atoms with E-state index in [9.17, 15) is 29.4 Å². The molecule has 2 aliphatic carbocycles. The molecule has 6 rings (SSSR count). The summed E-state index contributed by atoms with van der Waals surface area (Å²) in [5, 5.41) is 29.1. The number of carboxylic acids is 2. The summed E-state index contributed by atoms with van der Waals surface area (Å²) in [4.78, 5) is 65.7. The first-order chi connectivity index (χ1) is 29.3. The van der Waals surface area contributed by atoms with Crippen LogP contribution in [0.15, 0.2) is 24.3 Å². The topological polar surface area (TPSA) is 180 Å². The minimum atomic E-state index is -0.819. The largest absolute Gasteiger partial charge is 0.481 e. The second-order valence-electron chi connectivity index (χ2n) is 18.2. The SMILES string of the molecule is CCCN(C)c1nc([C@]2(CC(=O)O)CCCNC2)ccc1C(=O)N(C)C1CCCCC1.CCCNc1nc([C@]2(CC(=O)O)CCCNC2)ccc1C(=O)N(C)C1CCCCC1. The molecule has 4 heterocycles. The van der Waals surface area contributed by atoms with Crippen molar-refractivity contribution in [3.63, 3.8) is 0 Å². The smallest absolute Gasteiger partial charge is 0.304 e. The van der Waals surface area contributed by atoms with Crippen LogP contribution in [0.3, 0.4) is 0 Å². The molecule has 14 nitrogen and oxygen atoms in total. The van der Waals surface area contributed by atoms with Crippen LogP contribution in [-0.2, 0) is 20.4 Å². The third-order valence-corrected chi connectivity index (χ3v) is 13.6. The summed E-state index contributed by atoms with van der Waals surface area (Å²) >= 11 is 0. The average molecular weight is 847 g/mol. The zero-order chi connectivity index (χ0) is 44.0. The number of nitrogens with one attached hydrogen (secondary N) is 3. The summed E-state index contributed by atoms with van der Waals surface area (Å²) < 4.78 is 0. The van der Waals surface area contributed by atoms with Gasteiger partial charge in [-0.1, -0.05) is 52.4 Å². The van der Waals surface area contributed by atoms with Crippen LogP contribution in [0.1, 0.15) is 162 Å². The number of carboxylic acid groups (broad SMARTS) is 2. The minimum absolute atomic E-state index is 0.00592. The van der Waals surface area contributed by atoms with E-state index in [2.05, 4.69) is 29.8 Å². The maximum atomic E-state index is 13.5. The fraction of sp³-hybridized carbons (Fsp3) is 0.702. The van der Waals surface area contributed by atoms with Crippen LogP contribution >= 0.6 is 0 Å². The van der Waals surface area contributed by atoms with Crippen LogP contribution in [0.4, 0.5) is 11.6 Å². The molecule has 0 aromatic carbocycles. The first-order valence-corrected chi connectivity index (χ1v) is 23.2. The third-order valence-electron chi connectivity index (χ3n) is 13.6. The Kier molecular flexibility index (Phi) is 17.8.